The number of halogens is 1. The van der Waals surface area contributed by atoms with Crippen LogP contribution in [-0.4, -0.2) is 17.6 Å². The van der Waals surface area contributed by atoms with Gasteiger partial charge >= 0.3 is 0 Å². The van der Waals surface area contributed by atoms with Crippen molar-refractivity contribution in [3.05, 3.63) is 58.1 Å². The molecule has 0 aromatic heterocycles. The van der Waals surface area contributed by atoms with Crippen LogP contribution in [0.25, 0.3) is 0 Å². The summed E-state index contributed by atoms with van der Waals surface area (Å²) in [6, 6.07) is 11.4. The number of fused-ring (bicyclic) bond motifs is 1. The molecule has 0 aliphatic carbocycles. The van der Waals surface area contributed by atoms with Gasteiger partial charge in [0.25, 0.3) is 5.91 Å². The lowest BCUT2D eigenvalue weighted by Gasteiger charge is -2.38. The molecule has 0 radical (unpaired) electrons. The van der Waals surface area contributed by atoms with Gasteiger partial charge in [-0.3, -0.25) is 4.79 Å². The van der Waals surface area contributed by atoms with Gasteiger partial charge in [0, 0.05) is 17.0 Å². The maximum atomic E-state index is 12.8. The highest BCUT2D eigenvalue weighted by molar-refractivity contribution is 6.31. The second-order valence-electron chi connectivity index (χ2n) is 7.84. The van der Waals surface area contributed by atoms with Crippen LogP contribution in [0.4, 0.5) is 0 Å². The molecule has 0 saturated carbocycles. The highest BCUT2D eigenvalue weighted by atomic mass is 35.5. The Morgan fingerprint density at radius 1 is 1.26 bits per heavy atom. The summed E-state index contributed by atoms with van der Waals surface area (Å²) in [5.74, 6) is 1.30. The zero-order valence-electron chi connectivity index (χ0n) is 16.4. The van der Waals surface area contributed by atoms with Gasteiger partial charge in [0.15, 0.2) is 6.10 Å². The van der Waals surface area contributed by atoms with E-state index in [0.717, 1.165) is 22.4 Å². The first kappa shape index (κ1) is 19.6. The molecule has 1 amide bonds. The molecule has 27 heavy (non-hydrogen) atoms. The summed E-state index contributed by atoms with van der Waals surface area (Å²) in [4.78, 5) is 12.8. The number of rotatable bonds is 4. The van der Waals surface area contributed by atoms with E-state index in [4.69, 9.17) is 21.1 Å². The Bertz CT molecular complexity index is 863. The van der Waals surface area contributed by atoms with Crippen molar-refractivity contribution in [1.29, 1.82) is 0 Å². The molecule has 2 aromatic rings. The van der Waals surface area contributed by atoms with Crippen molar-refractivity contribution in [2.45, 2.75) is 58.8 Å². The molecule has 5 heteroatoms. The van der Waals surface area contributed by atoms with E-state index in [2.05, 4.69) is 5.32 Å². The van der Waals surface area contributed by atoms with Crippen LogP contribution in [0, 0.1) is 13.8 Å². The summed E-state index contributed by atoms with van der Waals surface area (Å²) in [5.41, 5.74) is 2.70. The molecule has 2 atom stereocenters. The van der Waals surface area contributed by atoms with Gasteiger partial charge in [-0.05, 0) is 70.0 Å². The van der Waals surface area contributed by atoms with E-state index in [-0.39, 0.29) is 17.6 Å². The maximum absolute atomic E-state index is 12.8. The number of carbonyl (C=O) groups is 1. The Balaban J connectivity index is 1.74. The number of hydrogen-bond donors (Lipinski definition) is 1. The minimum absolute atomic E-state index is 0.116. The summed E-state index contributed by atoms with van der Waals surface area (Å²) in [6.45, 7) is 9.76. The third kappa shape index (κ3) is 4.56. The molecule has 3 rings (SSSR count). The SMILES string of the molecule is Cc1ccc2c(c1)OC(C)(C)C[C@@H]2NC(=O)[C@H](C)Oc1ccc(Cl)c(C)c1. The van der Waals surface area contributed by atoms with E-state index in [9.17, 15) is 4.79 Å². The number of ether oxygens (including phenoxy) is 2. The third-order valence-electron chi connectivity index (χ3n) is 4.75. The number of carbonyl (C=O) groups excluding carboxylic acids is 1. The smallest absolute Gasteiger partial charge is 0.261 e. The molecule has 0 unspecified atom stereocenters. The minimum Gasteiger partial charge on any atom is -0.487 e. The van der Waals surface area contributed by atoms with Gasteiger partial charge in [-0.1, -0.05) is 23.7 Å². The average molecular weight is 388 g/mol. The summed E-state index contributed by atoms with van der Waals surface area (Å²) in [7, 11) is 0. The molecule has 1 N–H and O–H groups in total. The van der Waals surface area contributed by atoms with Crippen LogP contribution < -0.4 is 14.8 Å². The van der Waals surface area contributed by atoms with Crippen molar-refractivity contribution in [2.24, 2.45) is 0 Å². The lowest BCUT2D eigenvalue weighted by Crippen LogP contribution is -2.44. The van der Waals surface area contributed by atoms with Crippen molar-refractivity contribution in [3.8, 4) is 11.5 Å². The number of hydrogen-bond acceptors (Lipinski definition) is 3. The first-order chi connectivity index (χ1) is 12.6. The summed E-state index contributed by atoms with van der Waals surface area (Å²) in [5, 5.41) is 3.80. The second-order valence-corrected chi connectivity index (χ2v) is 8.25. The lowest BCUT2D eigenvalue weighted by atomic mass is 9.89. The van der Waals surface area contributed by atoms with Gasteiger partial charge in [0.05, 0.1) is 6.04 Å². The fraction of sp³-hybridized carbons (Fsp3) is 0.409. The van der Waals surface area contributed by atoms with Crippen molar-refractivity contribution >= 4 is 17.5 Å². The average Bonchev–Trinajstić information content (AvgIpc) is 2.56. The maximum Gasteiger partial charge on any atom is 0.261 e. The first-order valence-corrected chi connectivity index (χ1v) is 9.55. The zero-order chi connectivity index (χ0) is 19.8. The quantitative estimate of drug-likeness (QED) is 0.789. The zero-order valence-corrected chi connectivity index (χ0v) is 17.2. The standard InChI is InChI=1S/C22H26ClNO3/c1-13-6-8-17-19(12-22(4,5)27-20(17)10-13)24-21(25)15(3)26-16-7-9-18(23)14(2)11-16/h6-11,15,19H,12H2,1-5H3,(H,24,25)/t15-,19-/m0/s1. The van der Waals surface area contributed by atoms with E-state index >= 15 is 0 Å². The predicted molar refractivity (Wildman–Crippen MR) is 108 cm³/mol. The van der Waals surface area contributed by atoms with E-state index in [1.807, 2.05) is 52.0 Å². The van der Waals surface area contributed by atoms with Crippen LogP contribution in [0.5, 0.6) is 11.5 Å². The molecule has 144 valence electrons. The van der Waals surface area contributed by atoms with Crippen molar-refractivity contribution in [2.75, 3.05) is 0 Å². The molecule has 1 aliphatic heterocycles. The van der Waals surface area contributed by atoms with Crippen LogP contribution in [0.1, 0.15) is 49.9 Å². The Kier molecular flexibility index (Phi) is 5.38. The number of nitrogens with one attached hydrogen (secondary N) is 1. The molecule has 0 fully saturated rings. The Labute approximate surface area is 165 Å². The number of amides is 1. The Morgan fingerprint density at radius 3 is 2.70 bits per heavy atom. The van der Waals surface area contributed by atoms with Crippen LogP contribution in [0.3, 0.4) is 0 Å². The molecular weight excluding hydrogens is 362 g/mol. The normalized spacial score (nSPS) is 18.8. The Hall–Kier alpha value is -2.20. The van der Waals surface area contributed by atoms with Gasteiger partial charge in [0.2, 0.25) is 0 Å². The van der Waals surface area contributed by atoms with Crippen molar-refractivity contribution in [3.63, 3.8) is 0 Å². The van der Waals surface area contributed by atoms with E-state index < -0.39 is 6.10 Å². The monoisotopic (exact) mass is 387 g/mol. The number of benzene rings is 2. The van der Waals surface area contributed by atoms with Crippen LogP contribution in [-0.2, 0) is 4.79 Å². The van der Waals surface area contributed by atoms with Gasteiger partial charge in [-0.2, -0.15) is 0 Å². The molecular formula is C22H26ClNO3. The summed E-state index contributed by atoms with van der Waals surface area (Å²) in [6.07, 6.45) is 0.0760. The van der Waals surface area contributed by atoms with E-state index in [1.165, 1.54) is 0 Å². The van der Waals surface area contributed by atoms with Gasteiger partial charge in [-0.25, -0.2) is 0 Å². The topological polar surface area (TPSA) is 47.6 Å². The second kappa shape index (κ2) is 7.43. The summed E-state index contributed by atoms with van der Waals surface area (Å²) < 4.78 is 11.9. The van der Waals surface area contributed by atoms with E-state index in [1.54, 1.807) is 19.1 Å². The first-order valence-electron chi connectivity index (χ1n) is 9.17. The molecule has 2 aromatic carbocycles. The molecule has 1 aliphatic rings. The van der Waals surface area contributed by atoms with Crippen LogP contribution >= 0.6 is 11.6 Å². The lowest BCUT2D eigenvalue weighted by molar-refractivity contribution is -0.128. The van der Waals surface area contributed by atoms with E-state index in [0.29, 0.717) is 17.2 Å². The molecule has 0 bridgehead atoms. The van der Waals surface area contributed by atoms with Gasteiger partial charge in [-0.15, -0.1) is 0 Å². The highest BCUT2D eigenvalue weighted by Crippen LogP contribution is 2.40. The van der Waals surface area contributed by atoms with Crippen molar-refractivity contribution < 1.29 is 14.3 Å². The third-order valence-corrected chi connectivity index (χ3v) is 5.18. The largest absolute Gasteiger partial charge is 0.487 e. The van der Waals surface area contributed by atoms with Crippen LogP contribution in [0.2, 0.25) is 5.02 Å². The van der Waals surface area contributed by atoms with Crippen LogP contribution in [0.15, 0.2) is 36.4 Å². The fourth-order valence-corrected chi connectivity index (χ4v) is 3.44. The predicted octanol–water partition coefficient (Wildman–Crippen LogP) is 5.14. The fourth-order valence-electron chi connectivity index (χ4n) is 3.32. The molecule has 4 nitrogen and oxygen atoms in total. The summed E-state index contributed by atoms with van der Waals surface area (Å²) >= 11 is 6.05. The molecule has 0 spiro atoms. The molecule has 1 heterocycles. The number of aryl methyl sites for hydroxylation is 2. The van der Waals surface area contributed by atoms with Gasteiger partial charge < -0.3 is 14.8 Å². The van der Waals surface area contributed by atoms with Crippen molar-refractivity contribution in [1.82, 2.24) is 5.32 Å². The minimum atomic E-state index is -0.620. The Morgan fingerprint density at radius 2 is 2.00 bits per heavy atom. The molecule has 0 saturated heterocycles. The van der Waals surface area contributed by atoms with Gasteiger partial charge in [0.1, 0.15) is 17.1 Å². The highest BCUT2D eigenvalue weighted by Gasteiger charge is 2.35.